The topological polar surface area (TPSA) is 68.9 Å². The first-order chi connectivity index (χ1) is 9.04. The molecule has 0 bridgehead atoms. The van der Waals surface area contributed by atoms with Crippen molar-refractivity contribution in [3.8, 4) is 0 Å². The third kappa shape index (κ3) is 3.68. The molecule has 1 rings (SSSR count). The second-order valence-corrected chi connectivity index (χ2v) is 5.25. The zero-order valence-corrected chi connectivity index (χ0v) is 11.9. The van der Waals surface area contributed by atoms with E-state index in [1.165, 1.54) is 0 Å². The maximum Gasteiger partial charge on any atom is 0.451 e. The second-order valence-electron chi connectivity index (χ2n) is 5.25. The van der Waals surface area contributed by atoms with Gasteiger partial charge >= 0.3 is 6.18 Å². The van der Waals surface area contributed by atoms with E-state index in [9.17, 15) is 18.0 Å². The Labute approximate surface area is 115 Å². The number of aromatic nitrogens is 2. The molecule has 1 heterocycles. The summed E-state index contributed by atoms with van der Waals surface area (Å²) in [5.74, 6) is -2.30. The average Bonchev–Trinajstić information content (AvgIpc) is 2.25. The van der Waals surface area contributed by atoms with Crippen molar-refractivity contribution in [2.24, 2.45) is 5.73 Å². The zero-order valence-electron chi connectivity index (χ0n) is 11.9. The van der Waals surface area contributed by atoms with Crippen molar-refractivity contribution in [2.45, 2.75) is 52.1 Å². The first-order valence-electron chi connectivity index (χ1n) is 6.30. The molecule has 0 radical (unpaired) electrons. The molecule has 0 spiro atoms. The Hall–Kier alpha value is -1.66. The van der Waals surface area contributed by atoms with E-state index in [0.29, 0.717) is 5.56 Å². The van der Waals surface area contributed by atoms with Gasteiger partial charge in [0.1, 0.15) is 0 Å². The molecule has 7 heteroatoms. The summed E-state index contributed by atoms with van der Waals surface area (Å²) in [7, 11) is 0. The number of nitrogens with two attached hydrogens (primary N) is 1. The molecule has 0 aliphatic rings. The van der Waals surface area contributed by atoms with Crippen molar-refractivity contribution in [2.75, 3.05) is 0 Å². The molecule has 0 aliphatic heterocycles. The highest BCUT2D eigenvalue weighted by Gasteiger charge is 2.37. The number of nitrogens with zero attached hydrogens (tertiary/aromatic N) is 2. The third-order valence-electron chi connectivity index (χ3n) is 2.77. The van der Waals surface area contributed by atoms with Crippen LogP contribution in [0.1, 0.15) is 62.3 Å². The van der Waals surface area contributed by atoms with Crippen LogP contribution in [0.15, 0.2) is 0 Å². The van der Waals surface area contributed by atoms with Crippen LogP contribution >= 0.6 is 0 Å². The predicted octanol–water partition coefficient (Wildman–Crippen LogP) is 2.77. The lowest BCUT2D eigenvalue weighted by Crippen LogP contribution is -2.22. The van der Waals surface area contributed by atoms with E-state index in [1.807, 2.05) is 0 Å². The van der Waals surface area contributed by atoms with Crippen LogP contribution in [0, 0.1) is 0 Å². The van der Waals surface area contributed by atoms with Gasteiger partial charge in [0, 0.05) is 5.56 Å². The van der Waals surface area contributed by atoms with Crippen molar-refractivity contribution in [1.29, 1.82) is 0 Å². The Bertz CT molecular complexity index is 481. The average molecular weight is 289 g/mol. The van der Waals surface area contributed by atoms with Crippen LogP contribution in [0.4, 0.5) is 13.2 Å². The third-order valence-corrected chi connectivity index (χ3v) is 2.77. The molecule has 0 aliphatic carbocycles. The Morgan fingerprint density at radius 2 is 1.50 bits per heavy atom. The van der Waals surface area contributed by atoms with E-state index in [1.54, 1.807) is 27.7 Å². The quantitative estimate of drug-likeness (QED) is 0.926. The highest BCUT2D eigenvalue weighted by atomic mass is 19.4. The molecule has 1 aromatic heterocycles. The normalized spacial score (nSPS) is 12.2. The molecule has 4 nitrogen and oxygen atoms in total. The molecule has 0 saturated carbocycles. The smallest absolute Gasteiger partial charge is 0.369 e. The number of carbonyl (C=O) groups is 1. The summed E-state index contributed by atoms with van der Waals surface area (Å²) in [6, 6.07) is 0. The SMILES string of the molecule is CC(C)c1nc(C(F)(F)F)nc(C(C)C)c1CC(N)=O. The molecule has 1 aromatic rings. The molecule has 0 saturated heterocycles. The minimum atomic E-state index is -4.61. The maximum atomic E-state index is 12.9. The molecular formula is C13H18F3N3O. The van der Waals surface area contributed by atoms with Crippen LogP contribution in [0.5, 0.6) is 0 Å². The van der Waals surface area contributed by atoms with Gasteiger partial charge in [0.05, 0.1) is 17.8 Å². The van der Waals surface area contributed by atoms with Crippen LogP contribution in [-0.4, -0.2) is 15.9 Å². The summed E-state index contributed by atoms with van der Waals surface area (Å²) in [6.07, 6.45) is -4.77. The fourth-order valence-corrected chi connectivity index (χ4v) is 1.96. The number of halogens is 3. The van der Waals surface area contributed by atoms with Gasteiger partial charge in [0.25, 0.3) is 0 Å². The van der Waals surface area contributed by atoms with E-state index in [0.717, 1.165) is 0 Å². The summed E-state index contributed by atoms with van der Waals surface area (Å²) < 4.78 is 38.6. The number of alkyl halides is 3. The highest BCUT2D eigenvalue weighted by molar-refractivity contribution is 5.77. The van der Waals surface area contributed by atoms with E-state index < -0.39 is 17.9 Å². The molecule has 0 fully saturated rings. The largest absolute Gasteiger partial charge is 0.451 e. The number of rotatable bonds is 4. The standard InChI is InChI=1S/C13H18F3N3O/c1-6(2)10-8(5-9(17)20)11(7(3)4)19-12(18-10)13(14,15)16/h6-7H,5H2,1-4H3,(H2,17,20). The molecule has 2 N–H and O–H groups in total. The molecule has 20 heavy (non-hydrogen) atoms. The number of hydrogen-bond donors (Lipinski definition) is 1. The van der Waals surface area contributed by atoms with Crippen LogP contribution in [0.2, 0.25) is 0 Å². The van der Waals surface area contributed by atoms with Gasteiger partial charge in [-0.3, -0.25) is 4.79 Å². The van der Waals surface area contributed by atoms with Crippen LogP contribution in [-0.2, 0) is 17.4 Å². The Morgan fingerprint density at radius 1 is 1.10 bits per heavy atom. The van der Waals surface area contributed by atoms with Gasteiger partial charge in [-0.25, -0.2) is 9.97 Å². The Kier molecular flexibility index (Phi) is 4.73. The number of carbonyl (C=O) groups excluding carboxylic acids is 1. The van der Waals surface area contributed by atoms with Crippen molar-refractivity contribution >= 4 is 5.91 Å². The summed E-state index contributed by atoms with van der Waals surface area (Å²) in [6.45, 7) is 6.88. The lowest BCUT2D eigenvalue weighted by Gasteiger charge is -2.19. The van der Waals surface area contributed by atoms with Gasteiger partial charge in [0.2, 0.25) is 11.7 Å². The Morgan fingerprint density at radius 3 is 1.75 bits per heavy atom. The van der Waals surface area contributed by atoms with Crippen molar-refractivity contribution < 1.29 is 18.0 Å². The van der Waals surface area contributed by atoms with Crippen LogP contribution < -0.4 is 5.73 Å². The molecule has 0 aromatic carbocycles. The van der Waals surface area contributed by atoms with Crippen molar-refractivity contribution in [3.05, 3.63) is 22.8 Å². The number of hydrogen-bond acceptors (Lipinski definition) is 3. The summed E-state index contributed by atoms with van der Waals surface area (Å²) in [4.78, 5) is 18.3. The Balaban J connectivity index is 3.59. The van der Waals surface area contributed by atoms with E-state index >= 15 is 0 Å². The van der Waals surface area contributed by atoms with Gasteiger partial charge in [-0.05, 0) is 11.8 Å². The summed E-state index contributed by atoms with van der Waals surface area (Å²) >= 11 is 0. The number of primary amides is 1. The van der Waals surface area contributed by atoms with Gasteiger partial charge in [-0.15, -0.1) is 0 Å². The molecule has 112 valence electrons. The fourth-order valence-electron chi connectivity index (χ4n) is 1.96. The zero-order chi connectivity index (χ0) is 15.7. The van der Waals surface area contributed by atoms with Gasteiger partial charge < -0.3 is 5.73 Å². The highest BCUT2D eigenvalue weighted by Crippen LogP contribution is 2.32. The molecule has 0 atom stereocenters. The molecule has 1 amide bonds. The van der Waals surface area contributed by atoms with Crippen molar-refractivity contribution in [1.82, 2.24) is 9.97 Å². The second kappa shape index (κ2) is 5.76. The molecular weight excluding hydrogens is 271 g/mol. The summed E-state index contributed by atoms with van der Waals surface area (Å²) in [5.41, 5.74) is 6.04. The van der Waals surface area contributed by atoms with E-state index in [-0.39, 0.29) is 29.6 Å². The maximum absolute atomic E-state index is 12.9. The van der Waals surface area contributed by atoms with Crippen LogP contribution in [0.25, 0.3) is 0 Å². The lowest BCUT2D eigenvalue weighted by molar-refractivity contribution is -0.145. The minimum Gasteiger partial charge on any atom is -0.369 e. The molecule has 0 unspecified atom stereocenters. The van der Waals surface area contributed by atoms with E-state index in [2.05, 4.69) is 9.97 Å². The van der Waals surface area contributed by atoms with Crippen molar-refractivity contribution in [3.63, 3.8) is 0 Å². The monoisotopic (exact) mass is 289 g/mol. The van der Waals surface area contributed by atoms with Gasteiger partial charge in [0.15, 0.2) is 0 Å². The predicted molar refractivity (Wildman–Crippen MR) is 68.1 cm³/mol. The van der Waals surface area contributed by atoms with Gasteiger partial charge in [-0.1, -0.05) is 27.7 Å². The summed E-state index contributed by atoms with van der Waals surface area (Å²) in [5, 5.41) is 0. The van der Waals surface area contributed by atoms with E-state index in [4.69, 9.17) is 5.73 Å². The lowest BCUT2D eigenvalue weighted by atomic mass is 9.94. The van der Waals surface area contributed by atoms with Crippen LogP contribution in [0.3, 0.4) is 0 Å². The van der Waals surface area contributed by atoms with Gasteiger partial charge in [-0.2, -0.15) is 13.2 Å². The first kappa shape index (κ1) is 16.4. The fraction of sp³-hybridized carbons (Fsp3) is 0.615. The minimum absolute atomic E-state index is 0.154. The first-order valence-corrected chi connectivity index (χ1v) is 6.30. The number of amides is 1.